The lowest BCUT2D eigenvalue weighted by atomic mass is 10.0. The molecule has 0 aliphatic rings. The first-order valence-electron chi connectivity index (χ1n) is 6.75. The first-order valence-corrected chi connectivity index (χ1v) is 6.75. The number of aryl methyl sites for hydroxylation is 2. The molecule has 0 bridgehead atoms. The van der Waals surface area contributed by atoms with Crippen molar-refractivity contribution in [2.45, 2.75) is 53.9 Å². The standard InChI is InChI=1S/C15H23N3/c1-9(2)7-13-14(10(3)4)18-12(6)8-11(5)16-15(18)17-13/h8-10H,7H2,1-6H3. The van der Waals surface area contributed by atoms with E-state index in [-0.39, 0.29) is 0 Å². The van der Waals surface area contributed by atoms with E-state index in [9.17, 15) is 0 Å². The summed E-state index contributed by atoms with van der Waals surface area (Å²) in [6.45, 7) is 13.1. The summed E-state index contributed by atoms with van der Waals surface area (Å²) in [7, 11) is 0. The minimum atomic E-state index is 0.469. The number of aromatic nitrogens is 3. The second kappa shape index (κ2) is 4.71. The van der Waals surface area contributed by atoms with Gasteiger partial charge < -0.3 is 0 Å². The lowest BCUT2D eigenvalue weighted by molar-refractivity contribution is 0.625. The molecule has 0 aromatic carbocycles. The minimum absolute atomic E-state index is 0.469. The van der Waals surface area contributed by atoms with Crippen molar-refractivity contribution in [3.8, 4) is 0 Å². The molecule has 0 N–H and O–H groups in total. The zero-order chi connectivity index (χ0) is 13.4. The van der Waals surface area contributed by atoms with Crippen LogP contribution in [0.15, 0.2) is 6.07 Å². The largest absolute Gasteiger partial charge is 0.285 e. The number of rotatable bonds is 3. The average molecular weight is 245 g/mol. The summed E-state index contributed by atoms with van der Waals surface area (Å²) in [5, 5.41) is 0. The smallest absolute Gasteiger partial charge is 0.234 e. The highest BCUT2D eigenvalue weighted by molar-refractivity contribution is 5.40. The lowest BCUT2D eigenvalue weighted by Gasteiger charge is -2.11. The lowest BCUT2D eigenvalue weighted by Crippen LogP contribution is -2.05. The van der Waals surface area contributed by atoms with Gasteiger partial charge in [-0.05, 0) is 38.2 Å². The molecule has 0 unspecified atom stereocenters. The van der Waals surface area contributed by atoms with E-state index in [0.29, 0.717) is 11.8 Å². The van der Waals surface area contributed by atoms with Gasteiger partial charge in [0.15, 0.2) is 0 Å². The Hall–Kier alpha value is -1.38. The van der Waals surface area contributed by atoms with E-state index in [1.165, 1.54) is 17.1 Å². The summed E-state index contributed by atoms with van der Waals surface area (Å²) in [5.74, 6) is 1.94. The molecular weight excluding hydrogens is 222 g/mol. The van der Waals surface area contributed by atoms with Crippen LogP contribution in [-0.4, -0.2) is 14.4 Å². The quantitative estimate of drug-likeness (QED) is 0.826. The molecule has 0 amide bonds. The van der Waals surface area contributed by atoms with E-state index in [4.69, 9.17) is 4.98 Å². The SMILES string of the molecule is Cc1cc(C)n2c(C(C)C)c(CC(C)C)nc2n1. The Bertz CT molecular complexity index is 565. The van der Waals surface area contributed by atoms with Crippen molar-refractivity contribution in [2.24, 2.45) is 5.92 Å². The zero-order valence-corrected chi connectivity index (χ0v) is 12.3. The second-order valence-electron chi connectivity index (χ2n) is 5.87. The van der Waals surface area contributed by atoms with Gasteiger partial charge in [-0.1, -0.05) is 27.7 Å². The maximum Gasteiger partial charge on any atom is 0.234 e. The molecule has 2 rings (SSSR count). The van der Waals surface area contributed by atoms with Gasteiger partial charge in [-0.3, -0.25) is 4.40 Å². The molecule has 3 nitrogen and oxygen atoms in total. The van der Waals surface area contributed by atoms with Gasteiger partial charge in [0.2, 0.25) is 5.78 Å². The molecule has 0 radical (unpaired) electrons. The van der Waals surface area contributed by atoms with Crippen molar-refractivity contribution in [1.29, 1.82) is 0 Å². The number of fused-ring (bicyclic) bond motifs is 1. The van der Waals surface area contributed by atoms with Crippen LogP contribution < -0.4 is 0 Å². The van der Waals surface area contributed by atoms with Crippen molar-refractivity contribution < 1.29 is 0 Å². The van der Waals surface area contributed by atoms with Gasteiger partial charge in [0, 0.05) is 11.4 Å². The summed E-state index contributed by atoms with van der Waals surface area (Å²) >= 11 is 0. The van der Waals surface area contributed by atoms with Gasteiger partial charge in [-0.2, -0.15) is 0 Å². The fourth-order valence-corrected chi connectivity index (χ4v) is 2.57. The Labute approximate surface area is 109 Å². The van der Waals surface area contributed by atoms with E-state index in [1.54, 1.807) is 0 Å². The first kappa shape index (κ1) is 13.1. The highest BCUT2D eigenvalue weighted by Gasteiger charge is 2.18. The molecule has 0 spiro atoms. The molecule has 18 heavy (non-hydrogen) atoms. The maximum absolute atomic E-state index is 4.75. The van der Waals surface area contributed by atoms with Crippen LogP contribution in [0.5, 0.6) is 0 Å². The Morgan fingerprint density at radius 3 is 2.33 bits per heavy atom. The van der Waals surface area contributed by atoms with E-state index in [0.717, 1.165) is 17.9 Å². The van der Waals surface area contributed by atoms with Gasteiger partial charge in [-0.15, -0.1) is 0 Å². The topological polar surface area (TPSA) is 30.2 Å². The molecule has 2 heterocycles. The van der Waals surface area contributed by atoms with Crippen LogP contribution in [0.25, 0.3) is 5.78 Å². The van der Waals surface area contributed by atoms with Crippen LogP contribution in [0, 0.1) is 19.8 Å². The average Bonchev–Trinajstić information content (AvgIpc) is 2.54. The number of hydrogen-bond donors (Lipinski definition) is 0. The summed E-state index contributed by atoms with van der Waals surface area (Å²) < 4.78 is 2.22. The van der Waals surface area contributed by atoms with Crippen molar-refractivity contribution in [2.75, 3.05) is 0 Å². The molecule has 0 aliphatic heterocycles. The monoisotopic (exact) mass is 245 g/mol. The summed E-state index contributed by atoms with van der Waals surface area (Å²) in [5.41, 5.74) is 4.80. The van der Waals surface area contributed by atoms with Gasteiger partial charge in [0.25, 0.3) is 0 Å². The van der Waals surface area contributed by atoms with Crippen molar-refractivity contribution >= 4 is 5.78 Å². The molecule has 98 valence electrons. The molecule has 0 saturated carbocycles. The third kappa shape index (κ3) is 2.26. The molecular formula is C15H23N3. The van der Waals surface area contributed by atoms with E-state index in [2.05, 4.69) is 50.1 Å². The molecule has 0 fully saturated rings. The van der Waals surface area contributed by atoms with Crippen LogP contribution in [-0.2, 0) is 6.42 Å². The van der Waals surface area contributed by atoms with E-state index < -0.39 is 0 Å². The molecule has 2 aromatic heterocycles. The van der Waals surface area contributed by atoms with Gasteiger partial charge in [-0.25, -0.2) is 9.97 Å². The van der Waals surface area contributed by atoms with Crippen molar-refractivity contribution in [3.05, 3.63) is 28.8 Å². The highest BCUT2D eigenvalue weighted by atomic mass is 15.1. The van der Waals surface area contributed by atoms with Crippen LogP contribution in [0.2, 0.25) is 0 Å². The number of imidazole rings is 1. The summed E-state index contributed by atoms with van der Waals surface area (Å²) in [4.78, 5) is 9.31. The fraction of sp³-hybridized carbons (Fsp3) is 0.600. The minimum Gasteiger partial charge on any atom is -0.285 e. The molecule has 0 atom stereocenters. The van der Waals surface area contributed by atoms with E-state index >= 15 is 0 Å². The maximum atomic E-state index is 4.75. The normalized spacial score (nSPS) is 12.0. The Morgan fingerprint density at radius 2 is 1.78 bits per heavy atom. The van der Waals surface area contributed by atoms with Crippen LogP contribution in [0.4, 0.5) is 0 Å². The Balaban J connectivity index is 2.71. The highest BCUT2D eigenvalue weighted by Crippen LogP contribution is 2.24. The second-order valence-corrected chi connectivity index (χ2v) is 5.87. The number of nitrogens with zero attached hydrogens (tertiary/aromatic N) is 3. The molecule has 3 heteroatoms. The summed E-state index contributed by atoms with van der Waals surface area (Å²) in [6, 6.07) is 2.12. The summed E-state index contributed by atoms with van der Waals surface area (Å²) in [6.07, 6.45) is 1.02. The third-order valence-corrected chi connectivity index (χ3v) is 3.17. The first-order chi connectivity index (χ1) is 8.40. The van der Waals surface area contributed by atoms with Crippen LogP contribution >= 0.6 is 0 Å². The molecule has 2 aromatic rings. The van der Waals surface area contributed by atoms with Crippen molar-refractivity contribution in [1.82, 2.24) is 14.4 Å². The molecule has 0 saturated heterocycles. The van der Waals surface area contributed by atoms with E-state index in [1.807, 2.05) is 6.92 Å². The van der Waals surface area contributed by atoms with Gasteiger partial charge in [0.05, 0.1) is 11.4 Å². The van der Waals surface area contributed by atoms with Crippen molar-refractivity contribution in [3.63, 3.8) is 0 Å². The number of hydrogen-bond acceptors (Lipinski definition) is 2. The van der Waals surface area contributed by atoms with Crippen LogP contribution in [0.3, 0.4) is 0 Å². The van der Waals surface area contributed by atoms with Crippen LogP contribution in [0.1, 0.15) is 56.4 Å². The fourth-order valence-electron chi connectivity index (χ4n) is 2.57. The van der Waals surface area contributed by atoms with Gasteiger partial charge in [0.1, 0.15) is 0 Å². The third-order valence-electron chi connectivity index (χ3n) is 3.17. The predicted molar refractivity (Wildman–Crippen MR) is 75.1 cm³/mol. The molecule has 0 aliphatic carbocycles. The Kier molecular flexibility index (Phi) is 3.42. The van der Waals surface area contributed by atoms with Gasteiger partial charge >= 0.3 is 0 Å². The Morgan fingerprint density at radius 1 is 1.11 bits per heavy atom. The zero-order valence-electron chi connectivity index (χ0n) is 12.3. The predicted octanol–water partition coefficient (Wildman–Crippen LogP) is 3.67.